The van der Waals surface area contributed by atoms with Crippen LogP contribution in [-0.4, -0.2) is 43.7 Å². The number of nitrogens with zero attached hydrogens (tertiary/aromatic N) is 1. The van der Waals surface area contributed by atoms with Gasteiger partial charge in [-0.3, -0.25) is 4.90 Å². The van der Waals surface area contributed by atoms with Gasteiger partial charge < -0.3 is 10.6 Å². The lowest BCUT2D eigenvalue weighted by Crippen LogP contribution is -2.49. The molecule has 106 valence electrons. The standard InChI is InChI=1S/C16H27N3/c1-4-15-7-5-6-13(2)16(15)18-12-14(3)19-10-8-17-9-11-19/h5-7,14,17-18H,4,8-12H2,1-3H3. The van der Waals surface area contributed by atoms with Gasteiger partial charge in [-0.05, 0) is 31.4 Å². The van der Waals surface area contributed by atoms with Crippen molar-refractivity contribution in [3.05, 3.63) is 29.3 Å². The fourth-order valence-electron chi connectivity index (χ4n) is 2.78. The van der Waals surface area contributed by atoms with E-state index in [1.807, 2.05) is 0 Å². The smallest absolute Gasteiger partial charge is 0.0402 e. The number of hydrogen-bond acceptors (Lipinski definition) is 3. The monoisotopic (exact) mass is 261 g/mol. The highest BCUT2D eigenvalue weighted by Gasteiger charge is 2.16. The normalized spacial score (nSPS) is 18.3. The van der Waals surface area contributed by atoms with Crippen molar-refractivity contribution < 1.29 is 0 Å². The van der Waals surface area contributed by atoms with Crippen molar-refractivity contribution in [1.29, 1.82) is 0 Å². The Labute approximate surface area is 117 Å². The number of anilines is 1. The molecule has 1 aromatic carbocycles. The number of para-hydroxylation sites is 1. The van der Waals surface area contributed by atoms with Gasteiger partial charge >= 0.3 is 0 Å². The summed E-state index contributed by atoms with van der Waals surface area (Å²) in [5.41, 5.74) is 4.12. The van der Waals surface area contributed by atoms with Gasteiger partial charge in [-0.1, -0.05) is 25.1 Å². The molecule has 0 saturated carbocycles. The molecule has 1 unspecified atom stereocenters. The number of piperazine rings is 1. The molecule has 0 bridgehead atoms. The maximum Gasteiger partial charge on any atom is 0.0402 e. The Kier molecular flexibility index (Phi) is 5.23. The third-order valence-corrected chi connectivity index (χ3v) is 4.09. The maximum atomic E-state index is 3.67. The molecule has 1 aliphatic heterocycles. The van der Waals surface area contributed by atoms with Crippen LogP contribution in [0.3, 0.4) is 0 Å². The third-order valence-electron chi connectivity index (χ3n) is 4.09. The molecule has 0 radical (unpaired) electrons. The maximum absolute atomic E-state index is 3.67. The van der Waals surface area contributed by atoms with Crippen molar-refractivity contribution in [3.63, 3.8) is 0 Å². The molecule has 19 heavy (non-hydrogen) atoms. The van der Waals surface area contributed by atoms with Crippen molar-refractivity contribution >= 4 is 5.69 Å². The molecule has 1 atom stereocenters. The van der Waals surface area contributed by atoms with E-state index in [9.17, 15) is 0 Å². The number of rotatable bonds is 5. The van der Waals surface area contributed by atoms with E-state index in [1.54, 1.807) is 0 Å². The predicted octanol–water partition coefficient (Wildman–Crippen LogP) is 2.26. The minimum Gasteiger partial charge on any atom is -0.383 e. The van der Waals surface area contributed by atoms with Crippen LogP contribution in [0.1, 0.15) is 25.0 Å². The van der Waals surface area contributed by atoms with Gasteiger partial charge in [0.1, 0.15) is 0 Å². The Morgan fingerprint density at radius 3 is 2.74 bits per heavy atom. The molecule has 0 aromatic heterocycles. The molecule has 3 heteroatoms. The number of nitrogens with one attached hydrogen (secondary N) is 2. The minimum atomic E-state index is 0.589. The Morgan fingerprint density at radius 1 is 1.32 bits per heavy atom. The second kappa shape index (κ2) is 6.92. The van der Waals surface area contributed by atoms with Crippen LogP contribution in [0.5, 0.6) is 0 Å². The summed E-state index contributed by atoms with van der Waals surface area (Å²) in [7, 11) is 0. The van der Waals surface area contributed by atoms with Crippen molar-refractivity contribution in [1.82, 2.24) is 10.2 Å². The molecule has 2 rings (SSSR count). The summed E-state index contributed by atoms with van der Waals surface area (Å²) in [5.74, 6) is 0. The van der Waals surface area contributed by atoms with Crippen LogP contribution in [0.4, 0.5) is 5.69 Å². The molecular formula is C16H27N3. The molecule has 1 fully saturated rings. The summed E-state index contributed by atoms with van der Waals surface area (Å²) in [5, 5.41) is 7.08. The summed E-state index contributed by atoms with van der Waals surface area (Å²) in [4.78, 5) is 2.56. The van der Waals surface area contributed by atoms with Crippen LogP contribution in [0.15, 0.2) is 18.2 Å². The van der Waals surface area contributed by atoms with Crippen molar-refractivity contribution in [2.75, 3.05) is 38.0 Å². The third kappa shape index (κ3) is 3.71. The number of hydrogen-bond donors (Lipinski definition) is 2. The van der Waals surface area contributed by atoms with E-state index in [1.165, 1.54) is 16.8 Å². The van der Waals surface area contributed by atoms with Crippen molar-refractivity contribution in [3.8, 4) is 0 Å². The first-order valence-corrected chi connectivity index (χ1v) is 7.49. The van der Waals surface area contributed by atoms with E-state index < -0.39 is 0 Å². The zero-order valence-corrected chi connectivity index (χ0v) is 12.5. The average Bonchev–Trinajstić information content (AvgIpc) is 2.46. The topological polar surface area (TPSA) is 27.3 Å². The van der Waals surface area contributed by atoms with Crippen LogP contribution >= 0.6 is 0 Å². The van der Waals surface area contributed by atoms with Gasteiger partial charge in [0.2, 0.25) is 0 Å². The molecule has 1 heterocycles. The lowest BCUT2D eigenvalue weighted by atomic mass is 10.1. The van der Waals surface area contributed by atoms with Gasteiger partial charge in [-0.15, -0.1) is 0 Å². The zero-order valence-electron chi connectivity index (χ0n) is 12.5. The first-order chi connectivity index (χ1) is 9.22. The lowest BCUT2D eigenvalue weighted by Gasteiger charge is -2.33. The fourth-order valence-corrected chi connectivity index (χ4v) is 2.78. The molecule has 2 N–H and O–H groups in total. The molecular weight excluding hydrogens is 234 g/mol. The molecule has 1 aromatic rings. The molecule has 1 aliphatic rings. The fraction of sp³-hybridized carbons (Fsp3) is 0.625. The molecule has 0 amide bonds. The quantitative estimate of drug-likeness (QED) is 0.851. The predicted molar refractivity (Wildman–Crippen MR) is 83.0 cm³/mol. The van der Waals surface area contributed by atoms with Gasteiger partial charge in [0.05, 0.1) is 0 Å². The Bertz CT molecular complexity index is 397. The van der Waals surface area contributed by atoms with Crippen LogP contribution in [0.25, 0.3) is 0 Å². The second-order valence-electron chi connectivity index (χ2n) is 5.48. The number of benzene rings is 1. The highest BCUT2D eigenvalue weighted by atomic mass is 15.2. The van der Waals surface area contributed by atoms with E-state index in [-0.39, 0.29) is 0 Å². The first kappa shape index (κ1) is 14.4. The van der Waals surface area contributed by atoms with Gasteiger partial charge in [-0.25, -0.2) is 0 Å². The summed E-state index contributed by atoms with van der Waals surface area (Å²) < 4.78 is 0. The van der Waals surface area contributed by atoms with Crippen LogP contribution in [0.2, 0.25) is 0 Å². The number of aryl methyl sites for hydroxylation is 2. The summed E-state index contributed by atoms with van der Waals surface area (Å²) >= 11 is 0. The van der Waals surface area contributed by atoms with Gasteiger partial charge in [0.15, 0.2) is 0 Å². The Morgan fingerprint density at radius 2 is 2.05 bits per heavy atom. The van der Waals surface area contributed by atoms with Crippen LogP contribution < -0.4 is 10.6 Å². The highest BCUT2D eigenvalue weighted by Crippen LogP contribution is 2.21. The second-order valence-corrected chi connectivity index (χ2v) is 5.48. The van der Waals surface area contributed by atoms with Crippen molar-refractivity contribution in [2.45, 2.75) is 33.2 Å². The molecule has 3 nitrogen and oxygen atoms in total. The van der Waals surface area contributed by atoms with Gasteiger partial charge in [0.25, 0.3) is 0 Å². The highest BCUT2D eigenvalue weighted by molar-refractivity contribution is 5.57. The Balaban J connectivity index is 1.94. The van der Waals surface area contributed by atoms with E-state index in [2.05, 4.69) is 54.5 Å². The minimum absolute atomic E-state index is 0.589. The van der Waals surface area contributed by atoms with E-state index in [0.29, 0.717) is 6.04 Å². The molecule has 0 spiro atoms. The van der Waals surface area contributed by atoms with Gasteiger partial charge in [-0.2, -0.15) is 0 Å². The zero-order chi connectivity index (χ0) is 13.7. The van der Waals surface area contributed by atoms with E-state index in [4.69, 9.17) is 0 Å². The van der Waals surface area contributed by atoms with E-state index >= 15 is 0 Å². The van der Waals surface area contributed by atoms with Crippen molar-refractivity contribution in [2.24, 2.45) is 0 Å². The largest absolute Gasteiger partial charge is 0.383 e. The summed E-state index contributed by atoms with van der Waals surface area (Å²) in [6.45, 7) is 12.3. The summed E-state index contributed by atoms with van der Waals surface area (Å²) in [6, 6.07) is 7.16. The molecule has 0 aliphatic carbocycles. The molecule has 1 saturated heterocycles. The van der Waals surface area contributed by atoms with Crippen LogP contribution in [-0.2, 0) is 6.42 Å². The van der Waals surface area contributed by atoms with E-state index in [0.717, 1.165) is 39.1 Å². The lowest BCUT2D eigenvalue weighted by molar-refractivity contribution is 0.191. The SMILES string of the molecule is CCc1cccc(C)c1NCC(C)N1CCNCC1. The average molecular weight is 261 g/mol. The van der Waals surface area contributed by atoms with Crippen LogP contribution in [0, 0.1) is 6.92 Å². The Hall–Kier alpha value is -1.06. The summed E-state index contributed by atoms with van der Waals surface area (Å²) in [6.07, 6.45) is 1.09. The van der Waals surface area contributed by atoms with Gasteiger partial charge in [0, 0.05) is 44.5 Å². The first-order valence-electron chi connectivity index (χ1n) is 7.49.